The molecule has 0 atom stereocenters. The van der Waals surface area contributed by atoms with E-state index in [-0.39, 0.29) is 33.5 Å². The Kier molecular flexibility index (Phi) is 5.66. The highest BCUT2D eigenvalue weighted by molar-refractivity contribution is 7.91. The highest BCUT2D eigenvalue weighted by atomic mass is 35.5. The second-order valence-corrected chi connectivity index (χ2v) is 10.8. The van der Waals surface area contributed by atoms with Gasteiger partial charge in [-0.25, -0.2) is 8.42 Å². The van der Waals surface area contributed by atoms with E-state index < -0.39 is 9.84 Å². The summed E-state index contributed by atoms with van der Waals surface area (Å²) >= 11 is 6.00. The fourth-order valence-corrected chi connectivity index (χ4v) is 5.38. The smallest absolute Gasteiger partial charge is 0.236 e. The van der Waals surface area contributed by atoms with Gasteiger partial charge in [0.05, 0.1) is 4.90 Å². The zero-order chi connectivity index (χ0) is 23.2. The van der Waals surface area contributed by atoms with E-state index in [0.717, 1.165) is 18.4 Å². The number of oxazole rings is 1. The van der Waals surface area contributed by atoms with Gasteiger partial charge in [0.25, 0.3) is 0 Å². The number of anilines is 1. The van der Waals surface area contributed by atoms with Crippen LogP contribution in [-0.2, 0) is 14.6 Å². The molecule has 0 unspecified atom stereocenters. The summed E-state index contributed by atoms with van der Waals surface area (Å²) in [5, 5.41) is 0.452. The summed E-state index contributed by atoms with van der Waals surface area (Å²) in [7, 11) is -3.92. The number of halogens is 1. The van der Waals surface area contributed by atoms with Gasteiger partial charge >= 0.3 is 0 Å². The predicted molar refractivity (Wildman–Crippen MR) is 125 cm³/mol. The molecule has 2 aliphatic rings. The standard InChI is InChI=1S/C24H24ClN3O4S/c1-16-2-10-20(11-3-16)33(30,31)22-24(32-21(26-22)17-6-8-19(25)9-7-17)28-14-12-27(13-15-28)23(29)18-4-5-18/h2-3,6-11,18H,4-5,12-15H2,1H3. The van der Waals surface area contributed by atoms with Crippen molar-refractivity contribution in [2.45, 2.75) is 29.7 Å². The monoisotopic (exact) mass is 485 g/mol. The normalized spacial score (nSPS) is 16.8. The maximum Gasteiger partial charge on any atom is 0.236 e. The Labute approximate surface area is 197 Å². The van der Waals surface area contributed by atoms with Crippen LogP contribution in [0.25, 0.3) is 11.5 Å². The number of aryl methyl sites for hydroxylation is 1. The fourth-order valence-electron chi connectivity index (χ4n) is 3.94. The van der Waals surface area contributed by atoms with Crippen molar-refractivity contribution in [1.29, 1.82) is 0 Å². The molecule has 1 saturated carbocycles. The summed E-state index contributed by atoms with van der Waals surface area (Å²) in [6.07, 6.45) is 1.93. The van der Waals surface area contributed by atoms with Gasteiger partial charge in [-0.3, -0.25) is 4.79 Å². The molecular formula is C24H24ClN3O4S. The van der Waals surface area contributed by atoms with Gasteiger partial charge in [-0.05, 0) is 56.2 Å². The molecule has 1 aliphatic carbocycles. The number of benzene rings is 2. The summed E-state index contributed by atoms with van der Waals surface area (Å²) in [4.78, 5) is 20.7. The van der Waals surface area contributed by atoms with E-state index in [0.29, 0.717) is 36.8 Å². The predicted octanol–water partition coefficient (Wildman–Crippen LogP) is 4.19. The lowest BCUT2D eigenvalue weighted by atomic mass is 10.2. The van der Waals surface area contributed by atoms with Crippen LogP contribution in [0.3, 0.4) is 0 Å². The zero-order valence-electron chi connectivity index (χ0n) is 18.2. The second kappa shape index (κ2) is 8.50. The number of rotatable bonds is 5. The third kappa shape index (κ3) is 4.37. The van der Waals surface area contributed by atoms with Gasteiger partial charge in [-0.15, -0.1) is 0 Å². The van der Waals surface area contributed by atoms with Crippen LogP contribution in [-0.4, -0.2) is 50.4 Å². The number of carbonyl (C=O) groups excluding carboxylic acids is 1. The van der Waals surface area contributed by atoms with Crippen molar-refractivity contribution in [2.75, 3.05) is 31.1 Å². The quantitative estimate of drug-likeness (QED) is 0.538. The van der Waals surface area contributed by atoms with E-state index in [1.807, 2.05) is 16.7 Å². The molecule has 2 aromatic carbocycles. The molecule has 3 aromatic rings. The molecular weight excluding hydrogens is 462 g/mol. The van der Waals surface area contributed by atoms with E-state index in [9.17, 15) is 13.2 Å². The molecule has 7 nitrogen and oxygen atoms in total. The molecule has 2 heterocycles. The SMILES string of the molecule is Cc1ccc(S(=O)(=O)c2nc(-c3ccc(Cl)cc3)oc2N2CCN(C(=O)C3CC3)CC2)cc1. The summed E-state index contributed by atoms with van der Waals surface area (Å²) in [6, 6.07) is 13.6. The first-order valence-corrected chi connectivity index (χ1v) is 12.8. The maximum atomic E-state index is 13.5. The number of nitrogens with zero attached hydrogens (tertiary/aromatic N) is 3. The molecule has 9 heteroatoms. The molecule has 5 rings (SSSR count). The lowest BCUT2D eigenvalue weighted by Crippen LogP contribution is -2.49. The first-order valence-electron chi connectivity index (χ1n) is 11.0. The van der Waals surface area contributed by atoms with Crippen LogP contribution in [0.5, 0.6) is 0 Å². The van der Waals surface area contributed by atoms with E-state index in [1.165, 1.54) is 0 Å². The molecule has 0 N–H and O–H groups in total. The Morgan fingerprint density at radius 2 is 1.64 bits per heavy atom. The molecule has 0 bridgehead atoms. The minimum absolute atomic E-state index is 0.113. The molecule has 33 heavy (non-hydrogen) atoms. The Hall–Kier alpha value is -2.84. The third-order valence-electron chi connectivity index (χ3n) is 6.06. The topological polar surface area (TPSA) is 83.7 Å². The molecule has 1 saturated heterocycles. The summed E-state index contributed by atoms with van der Waals surface area (Å²) in [5.41, 5.74) is 1.60. The van der Waals surface area contributed by atoms with E-state index in [4.69, 9.17) is 16.0 Å². The Balaban J connectivity index is 1.51. The van der Waals surface area contributed by atoms with Gasteiger partial charge in [0, 0.05) is 42.7 Å². The van der Waals surface area contributed by atoms with Crippen LogP contribution in [0.15, 0.2) is 62.9 Å². The first kappa shape index (κ1) is 22.0. The highest BCUT2D eigenvalue weighted by Gasteiger charge is 2.37. The lowest BCUT2D eigenvalue weighted by molar-refractivity contribution is -0.132. The minimum Gasteiger partial charge on any atom is -0.419 e. The largest absolute Gasteiger partial charge is 0.419 e. The van der Waals surface area contributed by atoms with Crippen LogP contribution in [0.4, 0.5) is 5.88 Å². The Morgan fingerprint density at radius 1 is 1.00 bits per heavy atom. The van der Waals surface area contributed by atoms with E-state index in [1.54, 1.807) is 48.5 Å². The number of aromatic nitrogens is 1. The first-order chi connectivity index (χ1) is 15.8. The number of sulfone groups is 1. The van der Waals surface area contributed by atoms with Crippen molar-refractivity contribution >= 4 is 33.2 Å². The highest BCUT2D eigenvalue weighted by Crippen LogP contribution is 2.36. The molecule has 2 fully saturated rings. The van der Waals surface area contributed by atoms with Crippen LogP contribution in [0.2, 0.25) is 5.02 Å². The maximum absolute atomic E-state index is 13.5. The van der Waals surface area contributed by atoms with Gasteiger partial charge in [0.2, 0.25) is 32.5 Å². The van der Waals surface area contributed by atoms with Gasteiger partial charge < -0.3 is 14.2 Å². The Morgan fingerprint density at radius 3 is 2.24 bits per heavy atom. The van der Waals surface area contributed by atoms with Crippen LogP contribution >= 0.6 is 11.6 Å². The number of amides is 1. The molecule has 0 spiro atoms. The van der Waals surface area contributed by atoms with Crippen LogP contribution in [0, 0.1) is 12.8 Å². The third-order valence-corrected chi connectivity index (χ3v) is 7.98. The number of hydrogen-bond acceptors (Lipinski definition) is 6. The van der Waals surface area contributed by atoms with Crippen molar-refractivity contribution in [2.24, 2.45) is 5.92 Å². The molecule has 1 aliphatic heterocycles. The number of piperazine rings is 1. The van der Waals surface area contributed by atoms with Crippen molar-refractivity contribution < 1.29 is 17.6 Å². The summed E-state index contributed by atoms with van der Waals surface area (Å²) in [5.74, 6) is 0.778. The lowest BCUT2D eigenvalue weighted by Gasteiger charge is -2.34. The van der Waals surface area contributed by atoms with Crippen molar-refractivity contribution in [3.63, 3.8) is 0 Å². The van der Waals surface area contributed by atoms with Crippen molar-refractivity contribution in [1.82, 2.24) is 9.88 Å². The van der Waals surface area contributed by atoms with Crippen LogP contribution < -0.4 is 4.90 Å². The molecule has 1 aromatic heterocycles. The van der Waals surface area contributed by atoms with Crippen molar-refractivity contribution in [3.8, 4) is 11.5 Å². The van der Waals surface area contributed by atoms with Gasteiger partial charge in [-0.2, -0.15) is 4.98 Å². The summed E-state index contributed by atoms with van der Waals surface area (Å²) < 4.78 is 33.1. The fraction of sp³-hybridized carbons (Fsp3) is 0.333. The average Bonchev–Trinajstić information content (AvgIpc) is 3.57. The van der Waals surface area contributed by atoms with Crippen molar-refractivity contribution in [3.05, 3.63) is 59.1 Å². The van der Waals surface area contributed by atoms with Crippen LogP contribution in [0.1, 0.15) is 18.4 Å². The van der Waals surface area contributed by atoms with Gasteiger partial charge in [0.15, 0.2) is 0 Å². The molecule has 0 radical (unpaired) electrons. The summed E-state index contributed by atoms with van der Waals surface area (Å²) in [6.45, 7) is 3.90. The molecule has 1 amide bonds. The van der Waals surface area contributed by atoms with Gasteiger partial charge in [0.1, 0.15) is 0 Å². The van der Waals surface area contributed by atoms with E-state index in [2.05, 4.69) is 4.98 Å². The number of hydrogen-bond donors (Lipinski definition) is 0. The number of carbonyl (C=O) groups is 1. The van der Waals surface area contributed by atoms with Gasteiger partial charge in [-0.1, -0.05) is 29.3 Å². The second-order valence-electron chi connectivity index (χ2n) is 8.54. The minimum atomic E-state index is -3.92. The van der Waals surface area contributed by atoms with E-state index >= 15 is 0 Å². The Bertz CT molecular complexity index is 1270. The average molecular weight is 486 g/mol. The molecule has 172 valence electrons. The zero-order valence-corrected chi connectivity index (χ0v) is 19.8.